The van der Waals surface area contributed by atoms with Crippen molar-refractivity contribution in [1.29, 1.82) is 0 Å². The lowest BCUT2D eigenvalue weighted by Crippen LogP contribution is -2.06. The van der Waals surface area contributed by atoms with Crippen molar-refractivity contribution >= 4 is 5.97 Å². The first-order chi connectivity index (χ1) is 13.6. The quantitative estimate of drug-likeness (QED) is 0.511. The zero-order chi connectivity index (χ0) is 19.9. The molecule has 0 spiro atoms. The third-order valence-electron chi connectivity index (χ3n) is 3.90. The van der Waals surface area contributed by atoms with Crippen molar-refractivity contribution in [2.24, 2.45) is 0 Å². The summed E-state index contributed by atoms with van der Waals surface area (Å²) in [5.41, 5.74) is 0.851. The van der Waals surface area contributed by atoms with Gasteiger partial charge in [0, 0.05) is 6.42 Å². The minimum Gasteiger partial charge on any atom is -0.493 e. The van der Waals surface area contributed by atoms with Crippen molar-refractivity contribution in [2.45, 2.75) is 19.4 Å². The molecule has 0 saturated heterocycles. The Hall–Kier alpha value is -3.49. The average molecular weight is 388 g/mol. The molecule has 0 unspecified atom stereocenters. The van der Waals surface area contributed by atoms with E-state index in [1.807, 2.05) is 0 Å². The average Bonchev–Trinajstić information content (AvgIpc) is 3.41. The Morgan fingerprint density at radius 2 is 1.82 bits per heavy atom. The lowest BCUT2D eigenvalue weighted by atomic mass is 10.1. The molecule has 9 nitrogen and oxygen atoms in total. The van der Waals surface area contributed by atoms with E-state index in [2.05, 4.69) is 10.2 Å². The van der Waals surface area contributed by atoms with E-state index < -0.39 is 5.97 Å². The third-order valence-corrected chi connectivity index (χ3v) is 3.90. The Kier molecular flexibility index (Phi) is 6.15. The minimum atomic E-state index is -0.397. The number of carbonyl (C=O) groups excluding carboxylic acids is 1. The molecule has 0 aliphatic rings. The van der Waals surface area contributed by atoms with Crippen molar-refractivity contribution in [3.8, 4) is 28.9 Å². The van der Waals surface area contributed by atoms with Crippen molar-refractivity contribution < 1.29 is 32.6 Å². The molecule has 9 heteroatoms. The van der Waals surface area contributed by atoms with E-state index >= 15 is 0 Å². The number of ether oxygens (including phenoxy) is 4. The fraction of sp³-hybridized carbons (Fsp3) is 0.316. The summed E-state index contributed by atoms with van der Waals surface area (Å²) in [6.07, 6.45) is 2.11. The number of aromatic nitrogens is 2. The van der Waals surface area contributed by atoms with E-state index in [1.54, 1.807) is 24.3 Å². The lowest BCUT2D eigenvalue weighted by molar-refractivity contribution is -0.145. The molecule has 3 aromatic rings. The van der Waals surface area contributed by atoms with Crippen LogP contribution in [0.5, 0.6) is 17.2 Å². The van der Waals surface area contributed by atoms with Gasteiger partial charge in [0.05, 0.1) is 27.6 Å². The van der Waals surface area contributed by atoms with Crippen molar-refractivity contribution in [2.75, 3.05) is 21.3 Å². The Morgan fingerprint density at radius 3 is 2.43 bits per heavy atom. The molecule has 0 amide bonds. The van der Waals surface area contributed by atoms with Gasteiger partial charge < -0.3 is 27.8 Å². The highest BCUT2D eigenvalue weighted by Gasteiger charge is 2.15. The molecule has 0 aliphatic heterocycles. The summed E-state index contributed by atoms with van der Waals surface area (Å²) in [4.78, 5) is 12.0. The van der Waals surface area contributed by atoms with Gasteiger partial charge in [-0.15, -0.1) is 10.2 Å². The van der Waals surface area contributed by atoms with Gasteiger partial charge in [-0.3, -0.25) is 4.79 Å². The van der Waals surface area contributed by atoms with Gasteiger partial charge >= 0.3 is 5.97 Å². The molecule has 0 aliphatic carbocycles. The van der Waals surface area contributed by atoms with Gasteiger partial charge in [-0.05, 0) is 36.2 Å². The number of carbonyl (C=O) groups is 1. The molecule has 0 saturated carbocycles. The van der Waals surface area contributed by atoms with E-state index in [-0.39, 0.29) is 24.8 Å². The van der Waals surface area contributed by atoms with Crippen LogP contribution in [0.25, 0.3) is 11.7 Å². The summed E-state index contributed by atoms with van der Waals surface area (Å²) in [7, 11) is 4.61. The number of benzene rings is 1. The minimum absolute atomic E-state index is 0.109. The van der Waals surface area contributed by atoms with Crippen molar-refractivity contribution in [3.05, 3.63) is 42.0 Å². The number of methoxy groups -OCH3 is 3. The summed E-state index contributed by atoms with van der Waals surface area (Å²) in [6, 6.07) is 6.99. The maximum Gasteiger partial charge on any atom is 0.306 e. The first kappa shape index (κ1) is 19.3. The molecule has 1 aromatic carbocycles. The van der Waals surface area contributed by atoms with Crippen molar-refractivity contribution in [3.63, 3.8) is 0 Å². The lowest BCUT2D eigenvalue weighted by Gasteiger charge is -2.14. The zero-order valence-electron chi connectivity index (χ0n) is 15.8. The van der Waals surface area contributed by atoms with Crippen LogP contribution in [0.2, 0.25) is 0 Å². The van der Waals surface area contributed by atoms with Crippen LogP contribution in [0, 0.1) is 0 Å². The van der Waals surface area contributed by atoms with Gasteiger partial charge in [0.25, 0.3) is 11.8 Å². The highest BCUT2D eigenvalue weighted by molar-refractivity contribution is 5.69. The smallest absolute Gasteiger partial charge is 0.306 e. The highest BCUT2D eigenvalue weighted by Crippen LogP contribution is 2.38. The maximum absolute atomic E-state index is 12.0. The number of hydrogen-bond acceptors (Lipinski definition) is 9. The Labute approximate surface area is 161 Å². The van der Waals surface area contributed by atoms with Crippen molar-refractivity contribution in [1.82, 2.24) is 10.2 Å². The first-order valence-corrected chi connectivity index (χ1v) is 8.45. The predicted molar refractivity (Wildman–Crippen MR) is 96.2 cm³/mol. The van der Waals surface area contributed by atoms with Crippen LogP contribution in [0.4, 0.5) is 0 Å². The normalized spacial score (nSPS) is 10.5. The maximum atomic E-state index is 12.0. The Morgan fingerprint density at radius 1 is 1.07 bits per heavy atom. The van der Waals surface area contributed by atoms with Crippen LogP contribution in [0.3, 0.4) is 0 Å². The molecule has 148 valence electrons. The molecule has 0 N–H and O–H groups in total. The van der Waals surface area contributed by atoms with Gasteiger partial charge in [0.15, 0.2) is 23.9 Å². The van der Waals surface area contributed by atoms with E-state index in [4.69, 9.17) is 27.8 Å². The van der Waals surface area contributed by atoms with Gasteiger partial charge in [0.1, 0.15) is 0 Å². The Balaban J connectivity index is 1.54. The monoisotopic (exact) mass is 388 g/mol. The summed E-state index contributed by atoms with van der Waals surface area (Å²) in [5, 5.41) is 7.67. The van der Waals surface area contributed by atoms with E-state index in [9.17, 15) is 4.79 Å². The second-order valence-electron chi connectivity index (χ2n) is 5.67. The summed E-state index contributed by atoms with van der Waals surface area (Å²) >= 11 is 0. The van der Waals surface area contributed by atoms with Crippen LogP contribution >= 0.6 is 0 Å². The van der Waals surface area contributed by atoms with E-state index in [1.165, 1.54) is 27.6 Å². The fourth-order valence-electron chi connectivity index (χ4n) is 2.55. The largest absolute Gasteiger partial charge is 0.493 e. The molecule has 3 rings (SSSR count). The first-order valence-electron chi connectivity index (χ1n) is 8.45. The van der Waals surface area contributed by atoms with Crippen LogP contribution in [-0.4, -0.2) is 37.5 Å². The molecular weight excluding hydrogens is 368 g/mol. The van der Waals surface area contributed by atoms with Crippen LogP contribution < -0.4 is 14.2 Å². The molecule has 2 heterocycles. The molecule has 0 bridgehead atoms. The van der Waals surface area contributed by atoms with Gasteiger partial charge in [-0.1, -0.05) is 0 Å². The third kappa shape index (κ3) is 4.43. The number of furan rings is 1. The summed E-state index contributed by atoms with van der Waals surface area (Å²) in [5.74, 6) is 2.03. The molecule has 0 fully saturated rings. The summed E-state index contributed by atoms with van der Waals surface area (Å²) in [6.45, 7) is -0.109. The van der Waals surface area contributed by atoms with E-state index in [0.717, 1.165) is 5.56 Å². The second-order valence-corrected chi connectivity index (χ2v) is 5.67. The number of rotatable bonds is 9. The SMILES string of the molecule is COc1cc(CCC(=O)OCc2nnc(-c3ccco3)o2)cc(OC)c1OC. The highest BCUT2D eigenvalue weighted by atomic mass is 16.5. The molecule has 0 atom stereocenters. The standard InChI is InChI=1S/C19H20N2O7/c1-23-14-9-12(10-15(24-2)18(14)25-3)6-7-17(22)27-11-16-20-21-19(28-16)13-5-4-8-26-13/h4-5,8-10H,6-7,11H2,1-3H3. The topological polar surface area (TPSA) is 106 Å². The zero-order valence-corrected chi connectivity index (χ0v) is 15.8. The number of nitrogens with zero attached hydrogens (tertiary/aromatic N) is 2. The molecule has 2 aromatic heterocycles. The number of hydrogen-bond donors (Lipinski definition) is 0. The molecule has 0 radical (unpaired) electrons. The van der Waals surface area contributed by atoms with Gasteiger partial charge in [0.2, 0.25) is 5.75 Å². The van der Waals surface area contributed by atoms with Gasteiger partial charge in [-0.25, -0.2) is 0 Å². The van der Waals surface area contributed by atoms with Gasteiger partial charge in [-0.2, -0.15) is 0 Å². The van der Waals surface area contributed by atoms with Crippen LogP contribution in [0.15, 0.2) is 39.4 Å². The second kappa shape index (κ2) is 8.94. The molecular formula is C19H20N2O7. The fourth-order valence-corrected chi connectivity index (χ4v) is 2.55. The summed E-state index contributed by atoms with van der Waals surface area (Å²) < 4.78 is 31.6. The van der Waals surface area contributed by atoms with Crippen LogP contribution in [0.1, 0.15) is 17.9 Å². The predicted octanol–water partition coefficient (Wildman–Crippen LogP) is 3.03. The molecule has 28 heavy (non-hydrogen) atoms. The Bertz CT molecular complexity index is 893. The number of aryl methyl sites for hydroxylation is 1. The van der Waals surface area contributed by atoms with Crippen LogP contribution in [-0.2, 0) is 22.6 Å². The van der Waals surface area contributed by atoms with E-state index in [0.29, 0.717) is 29.4 Å². The number of esters is 1.